The van der Waals surface area contributed by atoms with Crippen LogP contribution in [0.4, 0.5) is 10.1 Å². The lowest BCUT2D eigenvalue weighted by Gasteiger charge is -2.06. The molecule has 0 unspecified atom stereocenters. The molecule has 12 heavy (non-hydrogen) atoms. The van der Waals surface area contributed by atoms with Crippen molar-refractivity contribution in [3.63, 3.8) is 0 Å². The van der Waals surface area contributed by atoms with Crippen LogP contribution in [-0.2, 0) is 0 Å². The summed E-state index contributed by atoms with van der Waals surface area (Å²) in [6, 6.07) is 6.35. The van der Waals surface area contributed by atoms with E-state index in [1.54, 1.807) is 24.1 Å². The van der Waals surface area contributed by atoms with Gasteiger partial charge >= 0.3 is 0 Å². The lowest BCUT2D eigenvalue weighted by Crippen LogP contribution is -1.94. The Kier molecular flexibility index (Phi) is 3.41. The van der Waals surface area contributed by atoms with Gasteiger partial charge in [-0.1, -0.05) is 13.8 Å². The van der Waals surface area contributed by atoms with Crippen LogP contribution in [0, 0.1) is 5.82 Å². The molecule has 0 amide bonds. The van der Waals surface area contributed by atoms with Crippen molar-refractivity contribution in [3.05, 3.63) is 30.1 Å². The monoisotopic (exact) mass is 185 g/mol. The molecule has 0 aliphatic carbocycles. The minimum atomic E-state index is -0.199. The number of hydrogen-bond donors (Lipinski definition) is 1. The molecule has 0 spiro atoms. The minimum Gasteiger partial charge on any atom is -0.330 e. The highest BCUT2D eigenvalue weighted by Gasteiger charge is 1.95. The smallest absolute Gasteiger partial charge is 0.123 e. The van der Waals surface area contributed by atoms with Gasteiger partial charge in [-0.25, -0.2) is 4.39 Å². The largest absolute Gasteiger partial charge is 0.330 e. The molecule has 0 bridgehead atoms. The molecule has 3 heteroatoms. The number of anilines is 1. The summed E-state index contributed by atoms with van der Waals surface area (Å²) in [4.78, 5) is 0. The van der Waals surface area contributed by atoms with Gasteiger partial charge in [0.05, 0.1) is 0 Å². The molecular weight excluding hydrogens is 173 g/mol. The van der Waals surface area contributed by atoms with E-state index in [0.717, 1.165) is 5.69 Å². The fraction of sp³-hybridized carbons (Fsp3) is 0.333. The fourth-order valence-electron chi connectivity index (χ4n) is 0.704. The van der Waals surface area contributed by atoms with Crippen LogP contribution in [0.3, 0.4) is 0 Å². The highest BCUT2D eigenvalue weighted by molar-refractivity contribution is 8.01. The van der Waals surface area contributed by atoms with E-state index >= 15 is 0 Å². The Morgan fingerprint density at radius 2 is 1.83 bits per heavy atom. The first kappa shape index (κ1) is 9.39. The minimum absolute atomic E-state index is 0.199. The van der Waals surface area contributed by atoms with Crippen LogP contribution in [-0.4, -0.2) is 5.25 Å². The normalized spacial score (nSPS) is 10.3. The second kappa shape index (κ2) is 4.36. The molecular formula is C9H12FNS. The molecule has 0 atom stereocenters. The maximum absolute atomic E-state index is 12.5. The molecule has 0 saturated heterocycles. The van der Waals surface area contributed by atoms with E-state index in [2.05, 4.69) is 18.6 Å². The van der Waals surface area contributed by atoms with Crippen LogP contribution in [0.1, 0.15) is 13.8 Å². The number of halogens is 1. The summed E-state index contributed by atoms with van der Waals surface area (Å²) >= 11 is 1.62. The second-order valence-corrected chi connectivity index (χ2v) is 4.16. The summed E-state index contributed by atoms with van der Waals surface area (Å²) in [5.74, 6) is -0.199. The molecule has 1 N–H and O–H groups in total. The number of rotatable bonds is 3. The number of benzene rings is 1. The SMILES string of the molecule is CC(C)SNc1ccc(F)cc1. The molecule has 1 aromatic carbocycles. The van der Waals surface area contributed by atoms with Gasteiger partial charge in [0.1, 0.15) is 5.82 Å². The summed E-state index contributed by atoms with van der Waals surface area (Å²) in [7, 11) is 0. The van der Waals surface area contributed by atoms with Crippen LogP contribution in [0.25, 0.3) is 0 Å². The van der Waals surface area contributed by atoms with E-state index in [0.29, 0.717) is 5.25 Å². The third-order valence-electron chi connectivity index (χ3n) is 1.26. The van der Waals surface area contributed by atoms with Gasteiger partial charge in [0.25, 0.3) is 0 Å². The number of nitrogens with one attached hydrogen (secondary N) is 1. The molecule has 0 fully saturated rings. The summed E-state index contributed by atoms with van der Waals surface area (Å²) in [6.45, 7) is 4.20. The van der Waals surface area contributed by atoms with E-state index in [9.17, 15) is 4.39 Å². The van der Waals surface area contributed by atoms with E-state index in [-0.39, 0.29) is 5.82 Å². The van der Waals surface area contributed by atoms with Crippen molar-refractivity contribution < 1.29 is 4.39 Å². The van der Waals surface area contributed by atoms with Crippen molar-refractivity contribution in [1.82, 2.24) is 0 Å². The van der Waals surface area contributed by atoms with Gasteiger partial charge < -0.3 is 4.72 Å². The Balaban J connectivity index is 2.48. The van der Waals surface area contributed by atoms with Crippen molar-refractivity contribution in [2.75, 3.05) is 4.72 Å². The van der Waals surface area contributed by atoms with Gasteiger partial charge in [-0.05, 0) is 36.2 Å². The topological polar surface area (TPSA) is 12.0 Å². The predicted octanol–water partition coefficient (Wildman–Crippen LogP) is 3.29. The van der Waals surface area contributed by atoms with E-state index in [1.807, 2.05) is 0 Å². The highest BCUT2D eigenvalue weighted by Crippen LogP contribution is 2.16. The zero-order valence-corrected chi connectivity index (χ0v) is 7.99. The summed E-state index contributed by atoms with van der Waals surface area (Å²) in [5.41, 5.74) is 0.940. The Morgan fingerprint density at radius 3 is 2.33 bits per heavy atom. The quantitative estimate of drug-likeness (QED) is 0.725. The average Bonchev–Trinajstić information content (AvgIpc) is 2.03. The maximum atomic E-state index is 12.5. The average molecular weight is 185 g/mol. The van der Waals surface area contributed by atoms with Crippen molar-refractivity contribution in [1.29, 1.82) is 0 Å². The summed E-state index contributed by atoms with van der Waals surface area (Å²) < 4.78 is 15.6. The molecule has 1 rings (SSSR count). The standard InChI is InChI=1S/C9H12FNS/c1-7(2)12-11-9-5-3-8(10)4-6-9/h3-7,11H,1-2H3. The molecule has 0 aliphatic rings. The molecule has 1 nitrogen and oxygen atoms in total. The molecule has 0 saturated carbocycles. The van der Waals surface area contributed by atoms with E-state index in [1.165, 1.54) is 12.1 Å². The molecule has 66 valence electrons. The van der Waals surface area contributed by atoms with E-state index in [4.69, 9.17) is 0 Å². The molecule has 1 aromatic rings. The van der Waals surface area contributed by atoms with Crippen LogP contribution in [0.5, 0.6) is 0 Å². The second-order valence-electron chi connectivity index (χ2n) is 2.78. The third-order valence-corrected chi connectivity index (χ3v) is 2.08. The lowest BCUT2D eigenvalue weighted by atomic mass is 10.3. The Bertz CT molecular complexity index is 233. The first-order valence-corrected chi connectivity index (χ1v) is 4.73. The van der Waals surface area contributed by atoms with Crippen molar-refractivity contribution in [2.24, 2.45) is 0 Å². The Labute approximate surface area is 76.5 Å². The third kappa shape index (κ3) is 3.13. The van der Waals surface area contributed by atoms with Crippen LogP contribution >= 0.6 is 11.9 Å². The van der Waals surface area contributed by atoms with Gasteiger partial charge in [0.15, 0.2) is 0 Å². The predicted molar refractivity (Wildman–Crippen MR) is 52.7 cm³/mol. The van der Waals surface area contributed by atoms with Crippen molar-refractivity contribution in [2.45, 2.75) is 19.1 Å². The Hall–Kier alpha value is -0.700. The highest BCUT2D eigenvalue weighted by atomic mass is 32.2. The fourth-order valence-corrected chi connectivity index (χ4v) is 1.21. The van der Waals surface area contributed by atoms with Crippen molar-refractivity contribution in [3.8, 4) is 0 Å². The zero-order chi connectivity index (χ0) is 8.97. The zero-order valence-electron chi connectivity index (χ0n) is 7.17. The summed E-state index contributed by atoms with van der Waals surface area (Å²) in [6.07, 6.45) is 0. The molecule has 0 aliphatic heterocycles. The molecule has 0 radical (unpaired) electrons. The number of hydrogen-bond acceptors (Lipinski definition) is 2. The first-order valence-electron chi connectivity index (χ1n) is 3.85. The van der Waals surface area contributed by atoms with Gasteiger partial charge in [0.2, 0.25) is 0 Å². The Morgan fingerprint density at radius 1 is 1.25 bits per heavy atom. The van der Waals surface area contributed by atoms with Crippen LogP contribution in [0.2, 0.25) is 0 Å². The van der Waals surface area contributed by atoms with Gasteiger partial charge in [-0.3, -0.25) is 0 Å². The molecule has 0 aromatic heterocycles. The summed E-state index contributed by atoms with van der Waals surface area (Å²) in [5, 5.41) is 0.523. The van der Waals surface area contributed by atoms with Crippen molar-refractivity contribution >= 4 is 17.6 Å². The van der Waals surface area contributed by atoms with Crippen LogP contribution in [0.15, 0.2) is 24.3 Å². The van der Waals surface area contributed by atoms with Gasteiger partial charge in [0, 0.05) is 10.9 Å². The molecule has 0 heterocycles. The van der Waals surface area contributed by atoms with Crippen LogP contribution < -0.4 is 4.72 Å². The van der Waals surface area contributed by atoms with Gasteiger partial charge in [-0.15, -0.1) is 0 Å². The maximum Gasteiger partial charge on any atom is 0.123 e. The van der Waals surface area contributed by atoms with Gasteiger partial charge in [-0.2, -0.15) is 0 Å². The first-order chi connectivity index (χ1) is 5.68. The van der Waals surface area contributed by atoms with E-state index < -0.39 is 0 Å². The lowest BCUT2D eigenvalue weighted by molar-refractivity contribution is 0.628.